The van der Waals surface area contributed by atoms with E-state index in [0.717, 1.165) is 12.1 Å². The minimum atomic E-state index is -4.52. The van der Waals surface area contributed by atoms with Crippen molar-refractivity contribution >= 4 is 22.7 Å². The molecule has 6 nitrogen and oxygen atoms in total. The molecule has 1 aliphatic rings. The second-order valence-corrected chi connectivity index (χ2v) is 5.62. The second kappa shape index (κ2) is 4.64. The molecule has 0 radical (unpaired) electrons. The number of carbonyl (C=O) groups excluding carboxylic acids is 2. The van der Waals surface area contributed by atoms with Gasteiger partial charge in [-0.3, -0.25) is 10.1 Å². The van der Waals surface area contributed by atoms with Crippen molar-refractivity contribution in [2.24, 2.45) is 0 Å². The Balaban J connectivity index is 2.01. The monoisotopic (exact) mass is 327 g/mol. The molecule has 3 N–H and O–H groups in total. The Hall–Kier alpha value is -2.71. The van der Waals surface area contributed by atoms with E-state index in [4.69, 9.17) is 0 Å². The van der Waals surface area contributed by atoms with Crippen LogP contribution in [-0.4, -0.2) is 27.2 Å². The molecule has 23 heavy (non-hydrogen) atoms. The van der Waals surface area contributed by atoms with Crippen molar-refractivity contribution in [3.05, 3.63) is 30.0 Å². The number of nitrogens with one attached hydrogen (secondary N) is 2. The number of hydrogen-bond donors (Lipinski definition) is 3. The van der Waals surface area contributed by atoms with E-state index in [1.165, 1.54) is 23.8 Å². The average molecular weight is 327 g/mol. The van der Waals surface area contributed by atoms with Crippen LogP contribution in [0.1, 0.15) is 12.5 Å². The van der Waals surface area contributed by atoms with E-state index in [9.17, 15) is 27.9 Å². The smallest absolute Gasteiger partial charge is 0.416 e. The number of rotatable bonds is 2. The van der Waals surface area contributed by atoms with Gasteiger partial charge in [0.25, 0.3) is 5.91 Å². The second-order valence-electron chi connectivity index (χ2n) is 5.62. The van der Waals surface area contributed by atoms with Crippen molar-refractivity contribution in [2.45, 2.75) is 25.2 Å². The highest BCUT2D eigenvalue weighted by molar-refractivity contribution is 6.06. The normalized spacial score (nSPS) is 21.6. The molecule has 2 aromatic rings. The zero-order valence-electron chi connectivity index (χ0n) is 11.9. The van der Waals surface area contributed by atoms with E-state index in [2.05, 4.69) is 10.6 Å². The predicted octanol–water partition coefficient (Wildman–Crippen LogP) is 1.96. The van der Waals surface area contributed by atoms with Gasteiger partial charge in [0.2, 0.25) is 0 Å². The Kier molecular flexibility index (Phi) is 3.07. The summed E-state index contributed by atoms with van der Waals surface area (Å²) >= 11 is 0. The van der Waals surface area contributed by atoms with Crippen LogP contribution in [0.2, 0.25) is 0 Å². The zero-order valence-corrected chi connectivity index (χ0v) is 11.9. The van der Waals surface area contributed by atoms with Gasteiger partial charge < -0.3 is 15.0 Å². The number of fused-ring (bicyclic) bond motifs is 1. The van der Waals surface area contributed by atoms with E-state index in [1.807, 2.05) is 0 Å². The van der Waals surface area contributed by atoms with Crippen molar-refractivity contribution in [1.29, 1.82) is 0 Å². The summed E-state index contributed by atoms with van der Waals surface area (Å²) in [7, 11) is 0. The van der Waals surface area contributed by atoms with Crippen LogP contribution in [0, 0.1) is 0 Å². The third kappa shape index (κ3) is 2.47. The molecule has 0 spiro atoms. The first-order valence-electron chi connectivity index (χ1n) is 6.63. The number of amides is 3. The Morgan fingerprint density at radius 3 is 2.57 bits per heavy atom. The Bertz CT molecular complexity index is 828. The van der Waals surface area contributed by atoms with E-state index in [-0.39, 0.29) is 11.9 Å². The molecule has 0 aliphatic carbocycles. The van der Waals surface area contributed by atoms with Crippen LogP contribution in [0.3, 0.4) is 0 Å². The van der Waals surface area contributed by atoms with Gasteiger partial charge in [-0.2, -0.15) is 13.2 Å². The summed E-state index contributed by atoms with van der Waals surface area (Å²) < 4.78 is 39.5. The quantitative estimate of drug-likeness (QED) is 0.738. The summed E-state index contributed by atoms with van der Waals surface area (Å²) in [6.45, 7) is 1.34. The maximum atomic E-state index is 12.7. The molecule has 0 bridgehead atoms. The Labute approximate surface area is 127 Å². The van der Waals surface area contributed by atoms with Crippen LogP contribution in [0.4, 0.5) is 18.0 Å². The first-order chi connectivity index (χ1) is 10.6. The molecule has 1 fully saturated rings. The minimum absolute atomic E-state index is 0.0214. The topological polar surface area (TPSA) is 83.4 Å². The molecule has 9 heteroatoms. The number of urea groups is 1. The van der Waals surface area contributed by atoms with Crippen LogP contribution in [-0.2, 0) is 17.5 Å². The molecule has 1 aromatic carbocycles. The van der Waals surface area contributed by atoms with Crippen LogP contribution < -0.4 is 10.6 Å². The maximum Gasteiger partial charge on any atom is 0.416 e. The van der Waals surface area contributed by atoms with Crippen molar-refractivity contribution in [3.63, 3.8) is 0 Å². The Morgan fingerprint density at radius 2 is 2.00 bits per heavy atom. The van der Waals surface area contributed by atoms with Crippen LogP contribution >= 0.6 is 0 Å². The lowest BCUT2D eigenvalue weighted by Crippen LogP contribution is -2.47. The number of hydrogen-bond acceptors (Lipinski definition) is 3. The molecule has 3 rings (SSSR count). The molecule has 1 unspecified atom stereocenters. The van der Waals surface area contributed by atoms with Gasteiger partial charge in [-0.1, -0.05) is 6.07 Å². The molecule has 2 heterocycles. The summed E-state index contributed by atoms with van der Waals surface area (Å²) in [4.78, 5) is 23.0. The van der Waals surface area contributed by atoms with Gasteiger partial charge in [0.05, 0.1) is 12.1 Å². The summed E-state index contributed by atoms with van der Waals surface area (Å²) in [5.41, 5.74) is -2.17. The molecule has 0 saturated carbocycles. The van der Waals surface area contributed by atoms with Crippen LogP contribution in [0.25, 0.3) is 10.8 Å². The fraction of sp³-hybridized carbons (Fsp3) is 0.286. The highest BCUT2D eigenvalue weighted by atomic mass is 19.4. The molecule has 3 amide bonds. The van der Waals surface area contributed by atoms with Gasteiger partial charge in [-0.05, 0) is 19.1 Å². The number of aromatic hydroxyl groups is 1. The number of alkyl halides is 3. The molecule has 122 valence electrons. The fourth-order valence-corrected chi connectivity index (χ4v) is 2.57. The van der Waals surface area contributed by atoms with Crippen molar-refractivity contribution < 1.29 is 27.9 Å². The highest BCUT2D eigenvalue weighted by Gasteiger charge is 2.42. The number of aromatic nitrogens is 1. The van der Waals surface area contributed by atoms with E-state index in [1.54, 1.807) is 0 Å². The lowest BCUT2D eigenvalue weighted by atomic mass is 10.0. The van der Waals surface area contributed by atoms with E-state index < -0.39 is 35.1 Å². The molecule has 1 atom stereocenters. The number of halogens is 3. The predicted molar refractivity (Wildman–Crippen MR) is 73.7 cm³/mol. The molecule has 1 aliphatic heterocycles. The van der Waals surface area contributed by atoms with Crippen LogP contribution in [0.5, 0.6) is 5.88 Å². The number of carbonyl (C=O) groups is 2. The minimum Gasteiger partial charge on any atom is -0.494 e. The van der Waals surface area contributed by atoms with E-state index in [0.29, 0.717) is 5.39 Å². The third-order valence-electron chi connectivity index (χ3n) is 3.79. The third-order valence-corrected chi connectivity index (χ3v) is 3.79. The zero-order chi connectivity index (χ0) is 17.0. The first-order valence-corrected chi connectivity index (χ1v) is 6.63. The lowest BCUT2D eigenvalue weighted by molar-refractivity contribution is -0.137. The Morgan fingerprint density at radius 1 is 1.30 bits per heavy atom. The first kappa shape index (κ1) is 15.2. The standard InChI is InChI=1S/C14H12F3N3O3/c1-13(11(22)18-12(23)19-13)6-20-5-7-2-3-8(14(15,16)17)4-9(7)10(20)21/h2-5,21H,6H2,1H3,(H2,18,19,22,23). The lowest BCUT2D eigenvalue weighted by Gasteiger charge is -2.21. The largest absolute Gasteiger partial charge is 0.494 e. The fourth-order valence-electron chi connectivity index (χ4n) is 2.57. The van der Waals surface area contributed by atoms with Gasteiger partial charge in [0, 0.05) is 17.0 Å². The van der Waals surface area contributed by atoms with Gasteiger partial charge >= 0.3 is 12.2 Å². The molecular weight excluding hydrogens is 315 g/mol. The number of imide groups is 1. The molecule has 1 aromatic heterocycles. The van der Waals surface area contributed by atoms with Gasteiger partial charge in [-0.25, -0.2) is 4.79 Å². The van der Waals surface area contributed by atoms with E-state index >= 15 is 0 Å². The molecule has 1 saturated heterocycles. The van der Waals surface area contributed by atoms with Gasteiger partial charge in [-0.15, -0.1) is 0 Å². The highest BCUT2D eigenvalue weighted by Crippen LogP contribution is 2.35. The number of nitrogens with zero attached hydrogens (tertiary/aromatic N) is 1. The summed E-state index contributed by atoms with van der Waals surface area (Å²) in [6.07, 6.45) is -3.10. The van der Waals surface area contributed by atoms with Gasteiger partial charge in [0.15, 0.2) is 5.88 Å². The van der Waals surface area contributed by atoms with Crippen molar-refractivity contribution in [3.8, 4) is 5.88 Å². The van der Waals surface area contributed by atoms with Crippen molar-refractivity contribution in [2.75, 3.05) is 0 Å². The molecular formula is C14H12F3N3O3. The summed E-state index contributed by atoms with van der Waals surface area (Å²) in [5.74, 6) is -0.975. The number of benzene rings is 1. The average Bonchev–Trinajstić information content (AvgIpc) is 2.86. The summed E-state index contributed by atoms with van der Waals surface area (Å²) in [5, 5.41) is 15.1. The van der Waals surface area contributed by atoms with Crippen LogP contribution in [0.15, 0.2) is 24.4 Å². The van der Waals surface area contributed by atoms with Crippen molar-refractivity contribution in [1.82, 2.24) is 15.2 Å². The van der Waals surface area contributed by atoms with Gasteiger partial charge in [0.1, 0.15) is 5.54 Å². The maximum absolute atomic E-state index is 12.7. The summed E-state index contributed by atoms with van der Waals surface area (Å²) in [6, 6.07) is 2.34. The SMILES string of the molecule is CC1(Cn2cc3ccc(C(F)(F)F)cc3c2O)NC(=O)NC1=O.